The maximum Gasteiger partial charge on any atom is 0.371 e. The zero-order chi connectivity index (χ0) is 18.4. The van der Waals surface area contributed by atoms with E-state index < -0.39 is 17.5 Å². The number of allylic oxidation sites excluding steroid dienone is 1. The summed E-state index contributed by atoms with van der Waals surface area (Å²) in [4.78, 5) is 22.5. The number of hydrogen-bond acceptors (Lipinski definition) is 5. The number of ether oxygens (including phenoxy) is 1. The minimum absolute atomic E-state index is 0.0242. The van der Waals surface area contributed by atoms with Gasteiger partial charge in [0, 0.05) is 22.2 Å². The lowest BCUT2D eigenvalue weighted by Gasteiger charge is -2.10. The minimum Gasteiger partial charge on any atom is -0.502 e. The van der Waals surface area contributed by atoms with Crippen LogP contribution in [0.4, 0.5) is 0 Å². The van der Waals surface area contributed by atoms with Crippen LogP contribution in [0, 0.1) is 11.3 Å². The fourth-order valence-electron chi connectivity index (χ4n) is 1.97. The molecule has 0 radical (unpaired) electrons. The molecular formula is C18H12ClNO5. The average molecular weight is 358 g/mol. The van der Waals surface area contributed by atoms with E-state index in [1.54, 1.807) is 30.3 Å². The molecule has 0 fully saturated rings. The second-order valence-corrected chi connectivity index (χ2v) is 5.30. The van der Waals surface area contributed by atoms with Gasteiger partial charge in [0.2, 0.25) is 5.76 Å². The Balaban J connectivity index is 2.18. The number of carbonyl (C=O) groups is 2. The molecule has 0 aliphatic carbocycles. The van der Waals surface area contributed by atoms with E-state index in [1.165, 1.54) is 12.1 Å². The Morgan fingerprint density at radius 2 is 1.92 bits per heavy atom. The number of hydrogen-bond donors (Lipinski definition) is 2. The molecule has 0 heterocycles. The van der Waals surface area contributed by atoms with Crippen molar-refractivity contribution in [1.29, 1.82) is 5.26 Å². The molecule has 0 saturated carbocycles. The fourth-order valence-corrected chi connectivity index (χ4v) is 2.20. The normalized spacial score (nSPS) is 10.8. The van der Waals surface area contributed by atoms with Gasteiger partial charge in [-0.3, -0.25) is 4.79 Å². The molecule has 0 atom stereocenters. The maximum atomic E-state index is 11.9. The van der Waals surface area contributed by atoms with E-state index in [0.717, 1.165) is 0 Å². The molecular weight excluding hydrogens is 346 g/mol. The molecule has 0 saturated heterocycles. The number of ketones is 1. The molecule has 2 aromatic rings. The lowest BCUT2D eigenvalue weighted by molar-refractivity contribution is -0.135. The molecule has 0 unspecified atom stereocenters. The molecule has 0 spiro atoms. The number of nitriles is 1. The van der Waals surface area contributed by atoms with E-state index in [9.17, 15) is 9.59 Å². The van der Waals surface area contributed by atoms with Gasteiger partial charge in [0.05, 0.1) is 11.6 Å². The molecule has 0 aliphatic heterocycles. The number of carboxylic acids is 1. The predicted octanol–water partition coefficient (Wildman–Crippen LogP) is 3.50. The van der Waals surface area contributed by atoms with Crippen LogP contribution in [0.25, 0.3) is 0 Å². The maximum absolute atomic E-state index is 11.9. The number of nitrogens with zero attached hydrogens (tertiary/aromatic N) is 1. The number of halogens is 1. The number of aliphatic carboxylic acids is 1. The van der Waals surface area contributed by atoms with Crippen molar-refractivity contribution in [1.82, 2.24) is 0 Å². The number of aliphatic hydroxyl groups excluding tert-OH is 1. The fraction of sp³-hybridized carbons (Fsp3) is 0.0556. The lowest BCUT2D eigenvalue weighted by Crippen LogP contribution is -2.04. The quantitative estimate of drug-likeness (QED) is 0.465. The Kier molecular flexibility index (Phi) is 5.77. The smallest absolute Gasteiger partial charge is 0.371 e. The molecule has 2 aromatic carbocycles. The van der Waals surface area contributed by atoms with E-state index in [-0.39, 0.29) is 12.2 Å². The Bertz CT molecular complexity index is 899. The minimum atomic E-state index is -1.59. The Morgan fingerprint density at radius 1 is 1.20 bits per heavy atom. The summed E-state index contributed by atoms with van der Waals surface area (Å²) in [6, 6.07) is 12.9. The van der Waals surface area contributed by atoms with Gasteiger partial charge in [0.25, 0.3) is 0 Å². The molecule has 0 aliphatic rings. The van der Waals surface area contributed by atoms with Crippen LogP contribution in [-0.4, -0.2) is 22.0 Å². The molecule has 7 heteroatoms. The molecule has 126 valence electrons. The van der Waals surface area contributed by atoms with Gasteiger partial charge in [-0.25, -0.2) is 4.79 Å². The second-order valence-electron chi connectivity index (χ2n) is 4.89. The standard InChI is InChI=1S/C18H12ClNO5/c19-15-6-2-4-12(9-20)14(15)10-25-13-5-1-3-11(7-13)16(21)8-17(22)18(23)24/h1-8,22H,10H2,(H,23,24). The van der Waals surface area contributed by atoms with Gasteiger partial charge in [-0.2, -0.15) is 5.26 Å². The van der Waals surface area contributed by atoms with Crippen LogP contribution in [-0.2, 0) is 11.4 Å². The summed E-state index contributed by atoms with van der Waals surface area (Å²) in [5.41, 5.74) is 1.05. The van der Waals surface area contributed by atoms with Crippen LogP contribution < -0.4 is 4.74 Å². The number of rotatable bonds is 6. The van der Waals surface area contributed by atoms with Crippen LogP contribution in [0.5, 0.6) is 5.75 Å². The summed E-state index contributed by atoms with van der Waals surface area (Å²) < 4.78 is 5.57. The zero-order valence-corrected chi connectivity index (χ0v) is 13.5. The summed E-state index contributed by atoms with van der Waals surface area (Å²) >= 11 is 6.07. The highest BCUT2D eigenvalue weighted by Gasteiger charge is 2.11. The van der Waals surface area contributed by atoms with Crippen molar-refractivity contribution < 1.29 is 24.5 Å². The topological polar surface area (TPSA) is 108 Å². The molecule has 6 nitrogen and oxygen atoms in total. The van der Waals surface area contributed by atoms with Gasteiger partial charge in [0.1, 0.15) is 12.4 Å². The largest absolute Gasteiger partial charge is 0.502 e. The van der Waals surface area contributed by atoms with Crippen LogP contribution >= 0.6 is 11.6 Å². The third-order valence-electron chi connectivity index (χ3n) is 3.23. The van der Waals surface area contributed by atoms with E-state index in [2.05, 4.69) is 0 Å². The molecule has 2 N–H and O–H groups in total. The Morgan fingerprint density at radius 3 is 2.60 bits per heavy atom. The van der Waals surface area contributed by atoms with Crippen molar-refractivity contribution in [2.45, 2.75) is 6.61 Å². The van der Waals surface area contributed by atoms with Crippen molar-refractivity contribution in [3.05, 3.63) is 76.0 Å². The van der Waals surface area contributed by atoms with Gasteiger partial charge in [-0.1, -0.05) is 29.8 Å². The number of carbonyl (C=O) groups excluding carboxylic acids is 1. The third kappa shape index (κ3) is 4.59. The van der Waals surface area contributed by atoms with Gasteiger partial charge >= 0.3 is 5.97 Å². The van der Waals surface area contributed by atoms with Crippen LogP contribution in [0.2, 0.25) is 5.02 Å². The summed E-state index contributed by atoms with van der Waals surface area (Å²) in [6.07, 6.45) is 0.614. The summed E-state index contributed by atoms with van der Waals surface area (Å²) in [7, 11) is 0. The summed E-state index contributed by atoms with van der Waals surface area (Å²) in [5, 5.41) is 27.2. The summed E-state index contributed by atoms with van der Waals surface area (Å²) in [6.45, 7) is 0.0242. The molecule has 25 heavy (non-hydrogen) atoms. The monoisotopic (exact) mass is 357 g/mol. The van der Waals surface area contributed by atoms with Crippen molar-refractivity contribution in [2.24, 2.45) is 0 Å². The van der Waals surface area contributed by atoms with Gasteiger partial charge in [-0.05, 0) is 24.3 Å². The van der Waals surface area contributed by atoms with E-state index >= 15 is 0 Å². The first kappa shape index (κ1) is 18.0. The lowest BCUT2D eigenvalue weighted by atomic mass is 10.1. The van der Waals surface area contributed by atoms with E-state index in [1.807, 2.05) is 6.07 Å². The van der Waals surface area contributed by atoms with Crippen molar-refractivity contribution in [2.75, 3.05) is 0 Å². The van der Waals surface area contributed by atoms with Gasteiger partial charge in [0.15, 0.2) is 5.78 Å². The average Bonchev–Trinajstić information content (AvgIpc) is 2.60. The predicted molar refractivity (Wildman–Crippen MR) is 89.6 cm³/mol. The van der Waals surface area contributed by atoms with Crippen LogP contribution in [0.3, 0.4) is 0 Å². The number of carboxylic acid groups (broad SMARTS) is 1. The Hall–Kier alpha value is -3.30. The molecule has 2 rings (SSSR count). The zero-order valence-electron chi connectivity index (χ0n) is 12.8. The molecule has 0 amide bonds. The van der Waals surface area contributed by atoms with Crippen molar-refractivity contribution in [3.8, 4) is 11.8 Å². The molecule has 0 aromatic heterocycles. The number of aliphatic hydroxyl groups is 1. The van der Waals surface area contributed by atoms with Crippen LogP contribution in [0.15, 0.2) is 54.3 Å². The highest BCUT2D eigenvalue weighted by atomic mass is 35.5. The number of benzene rings is 2. The van der Waals surface area contributed by atoms with E-state index in [4.69, 9.17) is 31.8 Å². The van der Waals surface area contributed by atoms with Crippen molar-refractivity contribution >= 4 is 23.4 Å². The first-order valence-corrected chi connectivity index (χ1v) is 7.39. The van der Waals surface area contributed by atoms with Gasteiger partial charge in [-0.15, -0.1) is 0 Å². The van der Waals surface area contributed by atoms with E-state index in [0.29, 0.717) is 28.0 Å². The van der Waals surface area contributed by atoms with Gasteiger partial charge < -0.3 is 14.9 Å². The summed E-state index contributed by atoms with van der Waals surface area (Å²) in [5.74, 6) is -2.99. The van der Waals surface area contributed by atoms with Crippen LogP contribution in [0.1, 0.15) is 21.5 Å². The Labute approximate surface area is 148 Å². The highest BCUT2D eigenvalue weighted by molar-refractivity contribution is 6.31. The van der Waals surface area contributed by atoms with Crippen molar-refractivity contribution in [3.63, 3.8) is 0 Å². The molecule has 0 bridgehead atoms. The highest BCUT2D eigenvalue weighted by Crippen LogP contribution is 2.22. The third-order valence-corrected chi connectivity index (χ3v) is 3.58. The first-order chi connectivity index (χ1) is 11.9. The second kappa shape index (κ2) is 7.99. The SMILES string of the molecule is N#Cc1cccc(Cl)c1COc1cccc(C(=O)C=C(O)C(=O)O)c1. The first-order valence-electron chi connectivity index (χ1n) is 7.01.